The Balaban J connectivity index is 1.90. The lowest BCUT2D eigenvalue weighted by molar-refractivity contribution is 0.0599. The first-order valence-electron chi connectivity index (χ1n) is 9.39. The molecule has 0 unspecified atom stereocenters. The van der Waals surface area contributed by atoms with Crippen molar-refractivity contribution < 1.29 is 23.9 Å². The summed E-state index contributed by atoms with van der Waals surface area (Å²) in [5.74, 6) is -0.696. The van der Waals surface area contributed by atoms with Crippen molar-refractivity contribution in [2.45, 2.75) is 6.92 Å². The number of methoxy groups -OCH3 is 2. The lowest BCUT2D eigenvalue weighted by Gasteiger charge is -2.14. The fourth-order valence-electron chi connectivity index (χ4n) is 2.83. The lowest BCUT2D eigenvalue weighted by atomic mass is 10.1. The molecule has 2 aromatic carbocycles. The first kappa shape index (κ1) is 22.2. The quantitative estimate of drug-likeness (QED) is 0.373. The zero-order valence-corrected chi connectivity index (χ0v) is 17.6. The summed E-state index contributed by atoms with van der Waals surface area (Å²) in [6.07, 6.45) is 1.30. The van der Waals surface area contributed by atoms with E-state index in [0.717, 1.165) is 0 Å². The summed E-state index contributed by atoms with van der Waals surface area (Å²) in [4.78, 5) is 43.7. The minimum atomic E-state index is -0.620. The predicted octanol–water partition coefficient (Wildman–Crippen LogP) is 3.32. The van der Waals surface area contributed by atoms with Gasteiger partial charge in [0, 0.05) is 16.9 Å². The molecule has 0 amide bonds. The Hall–Kier alpha value is -4.47. The summed E-state index contributed by atoms with van der Waals surface area (Å²) in [5, 5.41) is 6.05. The van der Waals surface area contributed by atoms with Crippen LogP contribution < -0.4 is 16.4 Å². The van der Waals surface area contributed by atoms with Crippen LogP contribution in [-0.2, 0) is 9.47 Å². The van der Waals surface area contributed by atoms with E-state index in [-0.39, 0.29) is 28.4 Å². The minimum absolute atomic E-state index is 0.0369. The Morgan fingerprint density at radius 2 is 1.28 bits per heavy atom. The van der Waals surface area contributed by atoms with Crippen molar-refractivity contribution in [3.63, 3.8) is 0 Å². The van der Waals surface area contributed by atoms with Crippen molar-refractivity contribution >= 4 is 46.4 Å². The summed E-state index contributed by atoms with van der Waals surface area (Å²) < 4.78 is 9.48. The van der Waals surface area contributed by atoms with Gasteiger partial charge in [0.1, 0.15) is 12.0 Å². The van der Waals surface area contributed by atoms with Crippen molar-refractivity contribution in [1.82, 2.24) is 9.97 Å². The molecule has 0 saturated heterocycles. The van der Waals surface area contributed by atoms with Crippen molar-refractivity contribution in [2.75, 3.05) is 30.6 Å². The Morgan fingerprint density at radius 1 is 0.781 bits per heavy atom. The van der Waals surface area contributed by atoms with Crippen LogP contribution in [0.4, 0.5) is 28.7 Å². The molecule has 3 aromatic rings. The number of carbonyl (C=O) groups is 3. The molecule has 0 radical (unpaired) electrons. The first-order chi connectivity index (χ1) is 15.3. The summed E-state index contributed by atoms with van der Waals surface area (Å²) in [7, 11) is 2.48. The summed E-state index contributed by atoms with van der Waals surface area (Å²) in [6.45, 7) is 1.49. The maximum absolute atomic E-state index is 12.0. The molecule has 0 aliphatic carbocycles. The lowest BCUT2D eigenvalue weighted by Crippen LogP contribution is -2.09. The number of ketones is 1. The number of nitrogens with zero attached hydrogens (tertiary/aromatic N) is 2. The smallest absolute Gasteiger partial charge is 0.337 e. The van der Waals surface area contributed by atoms with Crippen molar-refractivity contribution in [2.24, 2.45) is 0 Å². The van der Waals surface area contributed by atoms with Crippen LogP contribution in [-0.4, -0.2) is 41.9 Å². The Kier molecular flexibility index (Phi) is 6.64. The Labute approximate surface area is 183 Å². The van der Waals surface area contributed by atoms with Crippen molar-refractivity contribution in [1.29, 1.82) is 0 Å². The molecule has 0 spiro atoms. The number of hydrogen-bond acceptors (Lipinski definition) is 10. The SMILES string of the molecule is COC(=O)c1cc(Nc2ncnc(Nc3ccc(C(C)=O)cc3)c2N)cc(C(=O)OC)c1. The number of benzene rings is 2. The van der Waals surface area contributed by atoms with Gasteiger partial charge in [-0.05, 0) is 49.4 Å². The van der Waals surface area contributed by atoms with E-state index in [1.807, 2.05) is 0 Å². The standard InChI is InChI=1S/C22H21N5O5/c1-12(28)13-4-6-16(7-5-13)26-19-18(23)20(25-11-24-19)27-17-9-14(21(29)31-2)8-15(10-17)22(30)32-3/h4-11H,23H2,1-3H3,(H2,24,25,26,27). The van der Waals surface area contributed by atoms with Crippen LogP contribution >= 0.6 is 0 Å². The highest BCUT2D eigenvalue weighted by Crippen LogP contribution is 2.29. The number of nitrogens with two attached hydrogens (primary N) is 1. The molecule has 1 heterocycles. The summed E-state index contributed by atoms with van der Waals surface area (Å²) >= 11 is 0. The van der Waals surface area contributed by atoms with Gasteiger partial charge in [-0.2, -0.15) is 0 Å². The highest BCUT2D eigenvalue weighted by molar-refractivity contribution is 5.97. The number of Topliss-reactive ketones (excluding diaryl/α,β-unsaturated/α-hetero) is 1. The second-order valence-corrected chi connectivity index (χ2v) is 6.65. The molecule has 3 rings (SSSR count). The number of hydrogen-bond donors (Lipinski definition) is 3. The van der Waals surface area contributed by atoms with Gasteiger partial charge in [0.2, 0.25) is 0 Å². The fourth-order valence-corrected chi connectivity index (χ4v) is 2.83. The van der Waals surface area contributed by atoms with Gasteiger partial charge in [0.25, 0.3) is 0 Å². The van der Waals surface area contributed by atoms with Gasteiger partial charge in [-0.25, -0.2) is 19.6 Å². The summed E-state index contributed by atoms with van der Waals surface area (Å²) in [6, 6.07) is 11.2. The normalized spacial score (nSPS) is 10.2. The van der Waals surface area contributed by atoms with E-state index in [4.69, 9.17) is 15.2 Å². The highest BCUT2D eigenvalue weighted by atomic mass is 16.5. The molecule has 0 atom stereocenters. The zero-order valence-electron chi connectivity index (χ0n) is 17.6. The van der Waals surface area contributed by atoms with Crippen LogP contribution in [0.5, 0.6) is 0 Å². The van der Waals surface area contributed by atoms with Gasteiger partial charge in [0.05, 0.1) is 25.3 Å². The topological polar surface area (TPSA) is 146 Å². The molecule has 1 aromatic heterocycles. The number of aromatic nitrogens is 2. The first-order valence-corrected chi connectivity index (χ1v) is 9.39. The number of rotatable bonds is 7. The predicted molar refractivity (Wildman–Crippen MR) is 119 cm³/mol. The molecule has 0 saturated carbocycles. The van der Waals surface area contributed by atoms with E-state index < -0.39 is 11.9 Å². The van der Waals surface area contributed by atoms with E-state index in [2.05, 4.69) is 20.6 Å². The van der Waals surface area contributed by atoms with Gasteiger partial charge < -0.3 is 25.8 Å². The van der Waals surface area contributed by atoms with Crippen LogP contribution in [0.2, 0.25) is 0 Å². The van der Waals surface area contributed by atoms with Gasteiger partial charge >= 0.3 is 11.9 Å². The highest BCUT2D eigenvalue weighted by Gasteiger charge is 2.16. The molecule has 32 heavy (non-hydrogen) atoms. The number of ether oxygens (including phenoxy) is 2. The van der Waals surface area contributed by atoms with Crippen molar-refractivity contribution in [3.8, 4) is 0 Å². The molecule has 10 nitrogen and oxygen atoms in total. The molecule has 0 bridgehead atoms. The van der Waals surface area contributed by atoms with E-state index in [9.17, 15) is 14.4 Å². The molecule has 0 fully saturated rings. The second-order valence-electron chi connectivity index (χ2n) is 6.65. The summed E-state index contributed by atoms with van der Waals surface area (Å²) in [5.41, 5.74) is 8.34. The third-order valence-electron chi connectivity index (χ3n) is 4.48. The molecule has 4 N–H and O–H groups in total. The van der Waals surface area contributed by atoms with E-state index in [1.165, 1.54) is 45.7 Å². The van der Waals surface area contributed by atoms with Crippen LogP contribution in [0.3, 0.4) is 0 Å². The van der Waals surface area contributed by atoms with Crippen LogP contribution in [0.15, 0.2) is 48.8 Å². The number of carbonyl (C=O) groups excluding carboxylic acids is 3. The average molecular weight is 435 g/mol. The third-order valence-corrected chi connectivity index (χ3v) is 4.48. The van der Waals surface area contributed by atoms with Gasteiger partial charge in [-0.3, -0.25) is 4.79 Å². The molecular weight excluding hydrogens is 414 g/mol. The van der Waals surface area contributed by atoms with Gasteiger partial charge in [-0.15, -0.1) is 0 Å². The molecule has 0 aliphatic heterocycles. The number of nitrogens with one attached hydrogen (secondary N) is 2. The van der Waals surface area contributed by atoms with Gasteiger partial charge in [-0.1, -0.05) is 0 Å². The largest absolute Gasteiger partial charge is 0.465 e. The molecule has 0 aliphatic rings. The monoisotopic (exact) mass is 435 g/mol. The number of nitrogen functional groups attached to an aromatic ring is 1. The Morgan fingerprint density at radius 3 is 1.75 bits per heavy atom. The third kappa shape index (κ3) is 4.98. The number of anilines is 5. The van der Waals surface area contributed by atoms with Crippen molar-refractivity contribution in [3.05, 3.63) is 65.5 Å². The maximum atomic E-state index is 12.0. The fraction of sp³-hybridized carbons (Fsp3) is 0.136. The molecule has 10 heteroatoms. The van der Waals surface area contributed by atoms with Gasteiger partial charge in [0.15, 0.2) is 17.4 Å². The zero-order chi connectivity index (χ0) is 23.3. The average Bonchev–Trinajstić information content (AvgIpc) is 2.80. The second kappa shape index (κ2) is 9.56. The maximum Gasteiger partial charge on any atom is 0.337 e. The van der Waals surface area contributed by atoms with Crippen LogP contribution in [0, 0.1) is 0 Å². The Bertz CT molecular complexity index is 1140. The van der Waals surface area contributed by atoms with E-state index in [1.54, 1.807) is 24.3 Å². The minimum Gasteiger partial charge on any atom is -0.465 e. The van der Waals surface area contributed by atoms with Crippen LogP contribution in [0.1, 0.15) is 38.0 Å². The van der Waals surface area contributed by atoms with Crippen LogP contribution in [0.25, 0.3) is 0 Å². The molecular formula is C22H21N5O5. The molecule has 164 valence electrons. The van der Waals surface area contributed by atoms with E-state index in [0.29, 0.717) is 22.8 Å². The number of esters is 2. The van der Waals surface area contributed by atoms with E-state index >= 15 is 0 Å².